The molecule has 2 rings (SSSR count). The number of rotatable bonds is 7. The number of sulfonamides is 1. The molecule has 0 saturated carbocycles. The van der Waals surface area contributed by atoms with Crippen LogP contribution in [-0.4, -0.2) is 50.9 Å². The summed E-state index contributed by atoms with van der Waals surface area (Å²) in [4.78, 5) is 12.2. The van der Waals surface area contributed by atoms with Crippen molar-refractivity contribution in [3.8, 4) is 0 Å². The fourth-order valence-corrected chi connectivity index (χ4v) is 4.33. The van der Waals surface area contributed by atoms with Crippen LogP contribution in [0.1, 0.15) is 43.0 Å². The van der Waals surface area contributed by atoms with E-state index in [1.54, 1.807) is 6.92 Å². The Labute approximate surface area is 149 Å². The molecule has 1 aliphatic rings. The molecule has 1 aliphatic heterocycles. The van der Waals surface area contributed by atoms with E-state index in [-0.39, 0.29) is 34.9 Å². The zero-order valence-electron chi connectivity index (χ0n) is 14.3. The Kier molecular flexibility index (Phi) is 7.72. The molecule has 2 heterocycles. The second-order valence-electron chi connectivity index (χ2n) is 5.81. The molecule has 1 aromatic rings. The molecule has 1 saturated heterocycles. The van der Waals surface area contributed by atoms with Crippen LogP contribution in [0.5, 0.6) is 0 Å². The Morgan fingerprint density at radius 2 is 2.00 bits per heavy atom. The molecule has 0 radical (unpaired) electrons. The number of nitrogens with one attached hydrogen (secondary N) is 2. The highest BCUT2D eigenvalue weighted by molar-refractivity contribution is 7.89. The average molecular weight is 380 g/mol. The van der Waals surface area contributed by atoms with Gasteiger partial charge in [0.1, 0.15) is 10.7 Å². The van der Waals surface area contributed by atoms with Crippen molar-refractivity contribution >= 4 is 28.3 Å². The molecule has 9 heteroatoms. The van der Waals surface area contributed by atoms with Gasteiger partial charge in [-0.2, -0.15) is 4.31 Å². The number of carbonyl (C=O) groups excluding carboxylic acids is 1. The number of furan rings is 1. The smallest absolute Gasteiger partial charge is 0.287 e. The summed E-state index contributed by atoms with van der Waals surface area (Å²) >= 11 is 0. The molecular weight excluding hydrogens is 354 g/mol. The first kappa shape index (κ1) is 21.0. The van der Waals surface area contributed by atoms with E-state index in [4.69, 9.17) is 4.42 Å². The summed E-state index contributed by atoms with van der Waals surface area (Å²) in [5.74, 6) is -0.119. The van der Waals surface area contributed by atoms with Gasteiger partial charge in [-0.3, -0.25) is 4.79 Å². The first-order valence-corrected chi connectivity index (χ1v) is 9.42. The number of amides is 1. The van der Waals surface area contributed by atoms with Gasteiger partial charge in [-0.15, -0.1) is 12.4 Å². The van der Waals surface area contributed by atoms with Crippen LogP contribution in [0, 0.1) is 6.92 Å². The molecule has 7 nitrogen and oxygen atoms in total. The van der Waals surface area contributed by atoms with Crippen LogP contribution in [0.2, 0.25) is 0 Å². The highest BCUT2D eigenvalue weighted by Gasteiger charge is 2.31. The quantitative estimate of drug-likeness (QED) is 0.749. The first-order valence-electron chi connectivity index (χ1n) is 7.98. The molecule has 0 aromatic carbocycles. The zero-order valence-corrected chi connectivity index (χ0v) is 15.9. The van der Waals surface area contributed by atoms with Crippen molar-refractivity contribution in [2.75, 3.05) is 26.2 Å². The summed E-state index contributed by atoms with van der Waals surface area (Å²) in [7, 11) is -3.57. The maximum absolute atomic E-state index is 12.6. The van der Waals surface area contributed by atoms with E-state index in [9.17, 15) is 13.2 Å². The number of carbonyl (C=O) groups is 1. The third-order valence-corrected chi connectivity index (χ3v) is 5.91. The van der Waals surface area contributed by atoms with E-state index in [1.807, 2.05) is 13.8 Å². The van der Waals surface area contributed by atoms with Gasteiger partial charge in [0.25, 0.3) is 5.91 Å². The minimum absolute atomic E-state index is 0. The van der Waals surface area contributed by atoms with E-state index in [2.05, 4.69) is 10.6 Å². The van der Waals surface area contributed by atoms with Crippen LogP contribution in [0.4, 0.5) is 0 Å². The van der Waals surface area contributed by atoms with Crippen molar-refractivity contribution in [3.63, 3.8) is 0 Å². The summed E-state index contributed by atoms with van der Waals surface area (Å²) in [5, 5.41) is 5.92. The Hall–Kier alpha value is -1.09. The Morgan fingerprint density at radius 3 is 2.58 bits per heavy atom. The van der Waals surface area contributed by atoms with Crippen molar-refractivity contribution in [1.82, 2.24) is 14.9 Å². The van der Waals surface area contributed by atoms with Crippen molar-refractivity contribution in [3.05, 3.63) is 17.6 Å². The summed E-state index contributed by atoms with van der Waals surface area (Å²) in [6.07, 6.45) is 1.73. The van der Waals surface area contributed by atoms with Crippen LogP contribution in [0.3, 0.4) is 0 Å². The lowest BCUT2D eigenvalue weighted by Crippen LogP contribution is -2.38. The monoisotopic (exact) mass is 379 g/mol. The number of nitrogens with zero attached hydrogens (tertiary/aromatic N) is 1. The molecule has 0 aliphatic carbocycles. The predicted octanol–water partition coefficient (Wildman–Crippen LogP) is 1.52. The molecule has 2 N–H and O–H groups in total. The molecule has 0 unspecified atom stereocenters. The Bertz CT molecular complexity index is 654. The second-order valence-corrected chi connectivity index (χ2v) is 7.72. The highest BCUT2D eigenvalue weighted by atomic mass is 35.5. The van der Waals surface area contributed by atoms with E-state index < -0.39 is 15.9 Å². The van der Waals surface area contributed by atoms with Crippen LogP contribution in [0.15, 0.2) is 15.4 Å². The Balaban J connectivity index is 0.00000288. The largest absolute Gasteiger partial charge is 0.455 e. The van der Waals surface area contributed by atoms with Crippen molar-refractivity contribution < 1.29 is 17.6 Å². The number of hydrogen-bond donors (Lipinski definition) is 2. The van der Waals surface area contributed by atoms with Gasteiger partial charge in [0, 0.05) is 31.7 Å². The van der Waals surface area contributed by atoms with Gasteiger partial charge < -0.3 is 15.1 Å². The topological polar surface area (TPSA) is 91.6 Å². The normalized spacial score (nSPS) is 16.6. The van der Waals surface area contributed by atoms with Crippen LogP contribution < -0.4 is 10.6 Å². The lowest BCUT2D eigenvalue weighted by Gasteiger charge is -2.14. The maximum Gasteiger partial charge on any atom is 0.287 e. The minimum atomic E-state index is -3.57. The molecular formula is C15H26ClN3O4S. The summed E-state index contributed by atoms with van der Waals surface area (Å²) in [6.45, 7) is 7.82. The zero-order chi connectivity index (χ0) is 17.0. The third kappa shape index (κ3) is 4.72. The average Bonchev–Trinajstić information content (AvgIpc) is 3.14. The third-order valence-electron chi connectivity index (χ3n) is 3.90. The van der Waals surface area contributed by atoms with E-state index in [0.29, 0.717) is 19.6 Å². The van der Waals surface area contributed by atoms with Gasteiger partial charge in [0.05, 0.1) is 0 Å². The van der Waals surface area contributed by atoms with Gasteiger partial charge in [0.15, 0.2) is 5.76 Å². The van der Waals surface area contributed by atoms with Gasteiger partial charge >= 0.3 is 0 Å². The number of likely N-dealkylation sites (N-methyl/N-ethyl adjacent to an activating group) is 1. The van der Waals surface area contributed by atoms with Crippen LogP contribution >= 0.6 is 12.4 Å². The van der Waals surface area contributed by atoms with Crippen molar-refractivity contribution in [2.45, 2.75) is 44.6 Å². The Morgan fingerprint density at radius 1 is 1.38 bits per heavy atom. The minimum Gasteiger partial charge on any atom is -0.455 e. The van der Waals surface area contributed by atoms with E-state index >= 15 is 0 Å². The number of aryl methyl sites for hydroxylation is 1. The van der Waals surface area contributed by atoms with Gasteiger partial charge in [-0.05, 0) is 33.2 Å². The summed E-state index contributed by atoms with van der Waals surface area (Å²) in [5.41, 5.74) is 0. The highest BCUT2D eigenvalue weighted by Crippen LogP contribution is 2.26. The summed E-state index contributed by atoms with van der Waals surface area (Å²) < 4.78 is 32.0. The maximum atomic E-state index is 12.6. The SMILES string of the molecule is CCN[C@H](C)CNC(=O)c1cc(S(=O)(=O)N2CCCC2)c(C)o1.Cl. The molecule has 138 valence electrons. The van der Waals surface area contributed by atoms with Gasteiger partial charge in [-0.1, -0.05) is 6.92 Å². The molecule has 0 bridgehead atoms. The predicted molar refractivity (Wildman–Crippen MR) is 94.2 cm³/mol. The first-order chi connectivity index (χ1) is 10.9. The van der Waals surface area contributed by atoms with Crippen molar-refractivity contribution in [1.29, 1.82) is 0 Å². The molecule has 1 atom stereocenters. The standard InChI is InChI=1S/C15H25N3O4S.ClH/c1-4-16-11(2)10-17-15(19)13-9-14(12(3)22-13)23(20,21)18-7-5-6-8-18;/h9,11,16H,4-8,10H2,1-3H3,(H,17,19);1H/t11-;/m1./s1. The molecule has 1 fully saturated rings. The number of hydrogen-bond acceptors (Lipinski definition) is 5. The van der Waals surface area contributed by atoms with Gasteiger partial charge in [-0.25, -0.2) is 8.42 Å². The molecule has 1 aromatic heterocycles. The number of halogens is 1. The molecule has 0 spiro atoms. The van der Waals surface area contributed by atoms with Crippen LogP contribution in [-0.2, 0) is 10.0 Å². The van der Waals surface area contributed by atoms with Crippen molar-refractivity contribution in [2.24, 2.45) is 0 Å². The molecule has 24 heavy (non-hydrogen) atoms. The van der Waals surface area contributed by atoms with Crippen LogP contribution in [0.25, 0.3) is 0 Å². The second kappa shape index (κ2) is 8.84. The fraction of sp³-hybridized carbons (Fsp3) is 0.667. The van der Waals surface area contributed by atoms with E-state index in [1.165, 1.54) is 10.4 Å². The van der Waals surface area contributed by atoms with E-state index in [0.717, 1.165) is 19.4 Å². The lowest BCUT2D eigenvalue weighted by atomic mass is 10.3. The summed E-state index contributed by atoms with van der Waals surface area (Å²) in [6, 6.07) is 1.46. The fourth-order valence-electron chi connectivity index (χ4n) is 2.65. The molecule has 1 amide bonds. The van der Waals surface area contributed by atoms with Gasteiger partial charge in [0.2, 0.25) is 10.0 Å². The lowest BCUT2D eigenvalue weighted by molar-refractivity contribution is 0.0921.